The van der Waals surface area contributed by atoms with Crippen molar-refractivity contribution in [2.24, 2.45) is 23.2 Å². The molecule has 0 N–H and O–H groups in total. The standard InChI is InChI=1S/C22H26Si/c1-14(18-2-3-20-10-21(23)5-4-19(20)9-18)22-11-15-6-16(12-22)8-17(7-15)13-22/h2-5,9-10,15-17H,1,6-8,11-13H2,23H3. The maximum absolute atomic E-state index is 4.65. The molecule has 0 nitrogen and oxygen atoms in total. The maximum atomic E-state index is 4.65. The van der Waals surface area contributed by atoms with Gasteiger partial charge in [-0.25, -0.2) is 0 Å². The Bertz CT molecular complexity index is 765. The van der Waals surface area contributed by atoms with Gasteiger partial charge >= 0.3 is 0 Å². The molecule has 0 heterocycles. The summed E-state index contributed by atoms with van der Waals surface area (Å²) in [7, 11) is 1.13. The average molecular weight is 319 g/mol. The van der Waals surface area contributed by atoms with Gasteiger partial charge in [0.25, 0.3) is 0 Å². The summed E-state index contributed by atoms with van der Waals surface area (Å²) in [5.74, 6) is 2.98. The molecule has 23 heavy (non-hydrogen) atoms. The number of allylic oxidation sites excluding steroid dienone is 1. The van der Waals surface area contributed by atoms with Crippen LogP contribution in [0.25, 0.3) is 16.3 Å². The fourth-order valence-corrected chi connectivity index (χ4v) is 6.82. The lowest BCUT2D eigenvalue weighted by Crippen LogP contribution is -2.46. The van der Waals surface area contributed by atoms with Crippen LogP contribution in [0.3, 0.4) is 0 Å². The highest BCUT2D eigenvalue weighted by Crippen LogP contribution is 2.64. The van der Waals surface area contributed by atoms with Gasteiger partial charge in [-0.3, -0.25) is 0 Å². The molecule has 0 radical (unpaired) electrons. The van der Waals surface area contributed by atoms with Crippen LogP contribution >= 0.6 is 0 Å². The summed E-state index contributed by atoms with van der Waals surface area (Å²) in [6, 6.07) is 14.0. The van der Waals surface area contributed by atoms with E-state index >= 15 is 0 Å². The molecule has 2 aromatic rings. The molecule has 0 amide bonds. The lowest BCUT2D eigenvalue weighted by molar-refractivity contribution is -0.0176. The van der Waals surface area contributed by atoms with E-state index in [1.807, 2.05) is 0 Å². The van der Waals surface area contributed by atoms with E-state index in [-0.39, 0.29) is 0 Å². The van der Waals surface area contributed by atoms with E-state index in [0.29, 0.717) is 5.41 Å². The zero-order valence-electron chi connectivity index (χ0n) is 14.1. The molecule has 0 unspecified atom stereocenters. The predicted molar refractivity (Wildman–Crippen MR) is 103 cm³/mol. The first-order chi connectivity index (χ1) is 11.1. The molecule has 118 valence electrons. The third-order valence-corrected chi connectivity index (χ3v) is 7.64. The van der Waals surface area contributed by atoms with Crippen molar-refractivity contribution in [2.45, 2.75) is 38.5 Å². The van der Waals surface area contributed by atoms with E-state index < -0.39 is 0 Å². The van der Waals surface area contributed by atoms with E-state index in [4.69, 9.17) is 0 Å². The van der Waals surface area contributed by atoms with Crippen LogP contribution in [-0.2, 0) is 0 Å². The highest BCUT2D eigenvalue weighted by atomic mass is 28.1. The molecule has 6 rings (SSSR count). The zero-order valence-corrected chi connectivity index (χ0v) is 16.1. The fraction of sp³-hybridized carbons (Fsp3) is 0.455. The lowest BCUT2D eigenvalue weighted by Gasteiger charge is -2.57. The Balaban J connectivity index is 1.54. The number of fused-ring (bicyclic) bond motifs is 1. The first-order valence-electron chi connectivity index (χ1n) is 9.31. The Morgan fingerprint density at radius 3 is 2.09 bits per heavy atom. The highest BCUT2D eigenvalue weighted by molar-refractivity contribution is 6.33. The van der Waals surface area contributed by atoms with E-state index in [1.165, 1.54) is 65.6 Å². The van der Waals surface area contributed by atoms with Gasteiger partial charge in [0.1, 0.15) is 0 Å². The molecule has 1 heteroatoms. The van der Waals surface area contributed by atoms with E-state index in [9.17, 15) is 0 Å². The summed E-state index contributed by atoms with van der Waals surface area (Å²) in [4.78, 5) is 0. The maximum Gasteiger partial charge on any atom is 0.0385 e. The smallest absolute Gasteiger partial charge is 0.0385 e. The summed E-state index contributed by atoms with van der Waals surface area (Å²) < 4.78 is 0. The van der Waals surface area contributed by atoms with Gasteiger partial charge in [0.2, 0.25) is 0 Å². The van der Waals surface area contributed by atoms with Gasteiger partial charge in [0.05, 0.1) is 0 Å². The molecule has 4 aliphatic carbocycles. The van der Waals surface area contributed by atoms with Crippen LogP contribution in [-0.4, -0.2) is 10.2 Å². The first kappa shape index (κ1) is 14.0. The van der Waals surface area contributed by atoms with Gasteiger partial charge in [0, 0.05) is 10.2 Å². The van der Waals surface area contributed by atoms with Crippen molar-refractivity contribution in [2.75, 3.05) is 0 Å². The molecule has 0 spiro atoms. The summed E-state index contributed by atoms with van der Waals surface area (Å²) in [5, 5.41) is 4.25. The summed E-state index contributed by atoms with van der Waals surface area (Å²) in [5.41, 5.74) is 3.29. The second-order valence-electron chi connectivity index (χ2n) is 8.74. The Morgan fingerprint density at radius 2 is 1.43 bits per heavy atom. The quantitative estimate of drug-likeness (QED) is 0.733. The number of benzene rings is 2. The number of hydrogen-bond donors (Lipinski definition) is 0. The lowest BCUT2D eigenvalue weighted by atomic mass is 9.47. The Hall–Kier alpha value is -1.34. The van der Waals surface area contributed by atoms with Crippen molar-refractivity contribution in [1.29, 1.82) is 0 Å². The molecule has 0 aliphatic heterocycles. The van der Waals surface area contributed by atoms with Gasteiger partial charge in [-0.05, 0) is 89.7 Å². The van der Waals surface area contributed by atoms with Crippen LogP contribution < -0.4 is 5.19 Å². The van der Waals surface area contributed by atoms with E-state index in [0.717, 1.165) is 28.0 Å². The molecule has 4 fully saturated rings. The summed E-state index contributed by atoms with van der Waals surface area (Å²) in [6.07, 6.45) is 8.76. The van der Waals surface area contributed by atoms with Gasteiger partial charge in [0.15, 0.2) is 0 Å². The second kappa shape index (κ2) is 4.83. The third kappa shape index (κ3) is 2.16. The van der Waals surface area contributed by atoms with Crippen LogP contribution in [0.5, 0.6) is 0 Å². The molecule has 4 aliphatic rings. The molecule has 0 aromatic heterocycles. The second-order valence-corrected chi connectivity index (χ2v) is 9.90. The predicted octanol–water partition coefficient (Wildman–Crippen LogP) is 4.06. The number of hydrogen-bond acceptors (Lipinski definition) is 0. The number of rotatable bonds is 2. The van der Waals surface area contributed by atoms with Crippen LogP contribution in [0.4, 0.5) is 0 Å². The van der Waals surface area contributed by atoms with Crippen LogP contribution in [0.15, 0.2) is 43.0 Å². The molecule has 4 saturated carbocycles. The Labute approximate surface area is 142 Å². The minimum Gasteiger partial charge on any atom is -0.0947 e. The van der Waals surface area contributed by atoms with Crippen molar-refractivity contribution < 1.29 is 0 Å². The van der Waals surface area contributed by atoms with Gasteiger partial charge in [-0.2, -0.15) is 0 Å². The third-order valence-electron chi connectivity index (χ3n) is 7.02. The van der Waals surface area contributed by atoms with Gasteiger partial charge < -0.3 is 0 Å². The van der Waals surface area contributed by atoms with E-state index in [1.54, 1.807) is 0 Å². The van der Waals surface area contributed by atoms with Crippen molar-refractivity contribution in [3.05, 3.63) is 48.5 Å². The molecule has 0 atom stereocenters. The summed E-state index contributed by atoms with van der Waals surface area (Å²) >= 11 is 0. The first-order valence-corrected chi connectivity index (χ1v) is 10.3. The van der Waals surface area contributed by atoms with Crippen LogP contribution in [0.1, 0.15) is 44.1 Å². The van der Waals surface area contributed by atoms with Crippen molar-refractivity contribution in [1.82, 2.24) is 0 Å². The van der Waals surface area contributed by atoms with Gasteiger partial charge in [-0.15, -0.1) is 0 Å². The normalized spacial score (nSPS) is 35.0. The topological polar surface area (TPSA) is 0 Å². The van der Waals surface area contributed by atoms with Crippen molar-refractivity contribution in [3.8, 4) is 0 Å². The zero-order chi connectivity index (χ0) is 15.6. The average Bonchev–Trinajstić information content (AvgIpc) is 2.52. The molecular weight excluding hydrogens is 292 g/mol. The van der Waals surface area contributed by atoms with Crippen molar-refractivity contribution in [3.63, 3.8) is 0 Å². The Kier molecular flexibility index (Phi) is 2.95. The van der Waals surface area contributed by atoms with Crippen molar-refractivity contribution >= 4 is 31.8 Å². The molecular formula is C22H26Si. The van der Waals surface area contributed by atoms with E-state index in [2.05, 4.69) is 43.0 Å². The Morgan fingerprint density at radius 1 is 0.870 bits per heavy atom. The minimum absolute atomic E-state index is 0.431. The van der Waals surface area contributed by atoms with Gasteiger partial charge in [-0.1, -0.05) is 42.1 Å². The molecule has 2 aromatic carbocycles. The highest BCUT2D eigenvalue weighted by Gasteiger charge is 2.52. The van der Waals surface area contributed by atoms with Crippen LogP contribution in [0.2, 0.25) is 0 Å². The monoisotopic (exact) mass is 318 g/mol. The largest absolute Gasteiger partial charge is 0.0947 e. The fourth-order valence-electron chi connectivity index (χ4n) is 6.34. The minimum atomic E-state index is 0.431. The van der Waals surface area contributed by atoms with Crippen LogP contribution in [0, 0.1) is 23.2 Å². The molecule has 4 bridgehead atoms. The SMILES string of the molecule is C=C(c1ccc2cc([SiH3])ccc2c1)C12CC3CC(CC(C3)C1)C2. The molecule has 0 saturated heterocycles. The summed E-state index contributed by atoms with van der Waals surface area (Å²) in [6.45, 7) is 4.65.